The van der Waals surface area contributed by atoms with Crippen molar-refractivity contribution in [1.29, 1.82) is 0 Å². The van der Waals surface area contributed by atoms with Crippen LogP contribution in [0.1, 0.15) is 29.5 Å². The number of benzene rings is 2. The molecule has 156 valence electrons. The summed E-state index contributed by atoms with van der Waals surface area (Å²) in [4.78, 5) is 2.07. The smallest absolute Gasteiger partial charge is 0.416 e. The molecular formula is C20H21F3N2O3S. The molecule has 0 bridgehead atoms. The molecule has 0 radical (unpaired) electrons. The highest BCUT2D eigenvalue weighted by Gasteiger charge is 2.32. The first-order valence-corrected chi connectivity index (χ1v) is 10.5. The van der Waals surface area contributed by atoms with Crippen LogP contribution in [0.5, 0.6) is 5.75 Å². The summed E-state index contributed by atoms with van der Waals surface area (Å²) in [6.45, 7) is 1.39. The van der Waals surface area contributed by atoms with E-state index >= 15 is 0 Å². The van der Waals surface area contributed by atoms with Crippen molar-refractivity contribution in [2.24, 2.45) is 4.40 Å². The van der Waals surface area contributed by atoms with Crippen LogP contribution in [0, 0.1) is 0 Å². The maximum Gasteiger partial charge on any atom is 0.416 e. The van der Waals surface area contributed by atoms with Crippen LogP contribution in [-0.4, -0.2) is 46.3 Å². The maximum atomic E-state index is 12.8. The number of unbranched alkanes of at least 4 members (excludes halogenated alkanes) is 1. The molecule has 0 unspecified atom stereocenters. The number of nitrogens with zero attached hydrogens (tertiary/aromatic N) is 2. The van der Waals surface area contributed by atoms with Gasteiger partial charge < -0.3 is 9.64 Å². The monoisotopic (exact) mass is 426 g/mol. The number of alkyl halides is 3. The summed E-state index contributed by atoms with van der Waals surface area (Å²) in [6.07, 6.45) is -2.68. The van der Waals surface area contributed by atoms with E-state index < -0.39 is 21.8 Å². The highest BCUT2D eigenvalue weighted by molar-refractivity contribution is 7.90. The summed E-state index contributed by atoms with van der Waals surface area (Å²) in [6, 6.07) is 8.90. The fraction of sp³-hybridized carbons (Fsp3) is 0.350. The van der Waals surface area contributed by atoms with Crippen molar-refractivity contribution in [2.45, 2.75) is 23.9 Å². The zero-order valence-corrected chi connectivity index (χ0v) is 16.8. The standard InChI is InChI=1S/C20H21F3N2O3S/c1-25(2)11-3-4-12-28-16-9-10-17-18(13-16)29(26,27)24-19(17)14-5-7-15(8-6-14)20(21,22)23/h5-10,13H,3-4,11-12H2,1-2H3. The molecule has 0 amide bonds. The van der Waals surface area contributed by atoms with E-state index in [1.54, 1.807) is 12.1 Å². The largest absolute Gasteiger partial charge is 0.494 e. The molecule has 0 aliphatic carbocycles. The van der Waals surface area contributed by atoms with Gasteiger partial charge >= 0.3 is 6.18 Å². The number of fused-ring (bicyclic) bond motifs is 1. The molecule has 9 heteroatoms. The van der Waals surface area contributed by atoms with E-state index in [-0.39, 0.29) is 10.6 Å². The summed E-state index contributed by atoms with van der Waals surface area (Å²) in [5.74, 6) is 0.418. The lowest BCUT2D eigenvalue weighted by molar-refractivity contribution is -0.137. The van der Waals surface area contributed by atoms with Gasteiger partial charge in [0.05, 0.1) is 17.9 Å². The van der Waals surface area contributed by atoms with Gasteiger partial charge in [0.15, 0.2) is 0 Å². The molecule has 0 fully saturated rings. The first-order valence-electron chi connectivity index (χ1n) is 9.02. The second kappa shape index (κ2) is 8.16. The Kier molecular flexibility index (Phi) is 6.00. The van der Waals surface area contributed by atoms with E-state index in [1.807, 2.05) is 14.1 Å². The van der Waals surface area contributed by atoms with Gasteiger partial charge in [0.1, 0.15) is 10.6 Å². The lowest BCUT2D eigenvalue weighted by Crippen LogP contribution is -2.13. The number of rotatable bonds is 7. The Hall–Kier alpha value is -2.39. The first kappa shape index (κ1) is 21.3. The van der Waals surface area contributed by atoms with E-state index in [9.17, 15) is 21.6 Å². The van der Waals surface area contributed by atoms with Crippen LogP contribution in [0.15, 0.2) is 51.8 Å². The molecule has 0 atom stereocenters. The second-order valence-corrected chi connectivity index (χ2v) is 8.58. The van der Waals surface area contributed by atoms with Crippen molar-refractivity contribution >= 4 is 15.7 Å². The molecule has 0 spiro atoms. The minimum Gasteiger partial charge on any atom is -0.494 e. The van der Waals surface area contributed by atoms with E-state index in [4.69, 9.17) is 4.74 Å². The van der Waals surface area contributed by atoms with Gasteiger partial charge in [-0.3, -0.25) is 0 Å². The zero-order valence-electron chi connectivity index (χ0n) is 16.0. The number of hydrogen-bond donors (Lipinski definition) is 0. The van der Waals surface area contributed by atoms with Crippen molar-refractivity contribution < 1.29 is 26.3 Å². The van der Waals surface area contributed by atoms with Gasteiger partial charge in [0, 0.05) is 17.2 Å². The molecule has 29 heavy (non-hydrogen) atoms. The summed E-state index contributed by atoms with van der Waals surface area (Å²) in [5.41, 5.74) is -0.0189. The van der Waals surface area contributed by atoms with Crippen LogP contribution >= 0.6 is 0 Å². The van der Waals surface area contributed by atoms with E-state index in [2.05, 4.69) is 9.30 Å². The van der Waals surface area contributed by atoms with E-state index in [0.29, 0.717) is 23.5 Å². The molecule has 1 aliphatic heterocycles. The van der Waals surface area contributed by atoms with Crippen molar-refractivity contribution in [1.82, 2.24) is 4.90 Å². The topological polar surface area (TPSA) is 59.0 Å². The molecule has 1 heterocycles. The highest BCUT2D eigenvalue weighted by Crippen LogP contribution is 2.34. The third-order valence-corrected chi connectivity index (χ3v) is 5.77. The molecule has 3 rings (SSSR count). The lowest BCUT2D eigenvalue weighted by atomic mass is 10.0. The number of hydrogen-bond acceptors (Lipinski definition) is 4. The van der Waals surface area contributed by atoms with Crippen LogP contribution in [0.25, 0.3) is 0 Å². The summed E-state index contributed by atoms with van der Waals surface area (Å²) < 4.78 is 72.5. The van der Waals surface area contributed by atoms with Gasteiger partial charge in [-0.05, 0) is 57.7 Å². The Labute approximate surface area is 167 Å². The van der Waals surface area contributed by atoms with Crippen molar-refractivity contribution in [3.63, 3.8) is 0 Å². The van der Waals surface area contributed by atoms with E-state index in [1.165, 1.54) is 18.2 Å². The van der Waals surface area contributed by atoms with Crippen molar-refractivity contribution in [2.75, 3.05) is 27.2 Å². The number of sulfonamides is 1. The molecule has 0 saturated carbocycles. The van der Waals surface area contributed by atoms with Crippen LogP contribution in [0.4, 0.5) is 13.2 Å². The van der Waals surface area contributed by atoms with E-state index in [0.717, 1.165) is 31.5 Å². The average molecular weight is 426 g/mol. The quantitative estimate of drug-likeness (QED) is 0.629. The first-order chi connectivity index (χ1) is 13.6. The third kappa shape index (κ3) is 4.97. The summed E-state index contributed by atoms with van der Waals surface area (Å²) in [5, 5.41) is 0. The van der Waals surface area contributed by atoms with Gasteiger partial charge in [-0.15, -0.1) is 0 Å². The van der Waals surface area contributed by atoms with Gasteiger partial charge in [0.2, 0.25) is 0 Å². The number of ether oxygens (including phenoxy) is 1. The Balaban J connectivity index is 1.78. The third-order valence-electron chi connectivity index (χ3n) is 4.45. The van der Waals surface area contributed by atoms with Gasteiger partial charge in [-0.2, -0.15) is 26.0 Å². The Bertz CT molecular complexity index is 1010. The predicted molar refractivity (Wildman–Crippen MR) is 104 cm³/mol. The minimum absolute atomic E-state index is 0.00168. The molecule has 0 aromatic heterocycles. The molecule has 5 nitrogen and oxygen atoms in total. The molecule has 0 N–H and O–H groups in total. The van der Waals surface area contributed by atoms with Crippen molar-refractivity contribution in [3.05, 3.63) is 59.2 Å². The van der Waals surface area contributed by atoms with Crippen LogP contribution in [-0.2, 0) is 16.2 Å². The maximum absolute atomic E-state index is 12.8. The highest BCUT2D eigenvalue weighted by atomic mass is 32.2. The van der Waals surface area contributed by atoms with Crippen LogP contribution in [0.2, 0.25) is 0 Å². The Morgan fingerprint density at radius 1 is 1.03 bits per heavy atom. The second-order valence-electron chi connectivity index (χ2n) is 7.01. The Morgan fingerprint density at radius 2 is 1.72 bits per heavy atom. The van der Waals surface area contributed by atoms with Gasteiger partial charge in [-0.25, -0.2) is 0 Å². The normalized spacial score (nSPS) is 15.3. The van der Waals surface area contributed by atoms with Crippen LogP contribution in [0.3, 0.4) is 0 Å². The van der Waals surface area contributed by atoms with Crippen molar-refractivity contribution in [3.8, 4) is 5.75 Å². The average Bonchev–Trinajstić information content (AvgIpc) is 2.91. The lowest BCUT2D eigenvalue weighted by Gasteiger charge is -2.11. The summed E-state index contributed by atoms with van der Waals surface area (Å²) in [7, 11) is 0.0418. The fourth-order valence-electron chi connectivity index (χ4n) is 2.97. The summed E-state index contributed by atoms with van der Waals surface area (Å²) >= 11 is 0. The molecular weight excluding hydrogens is 405 g/mol. The van der Waals surface area contributed by atoms with Crippen LogP contribution < -0.4 is 4.74 Å². The SMILES string of the molecule is CN(C)CCCCOc1ccc2c(c1)S(=O)(=O)N=C2c1ccc(C(F)(F)F)cc1. The molecule has 2 aromatic carbocycles. The molecule has 0 saturated heterocycles. The Morgan fingerprint density at radius 3 is 2.34 bits per heavy atom. The molecule has 1 aliphatic rings. The minimum atomic E-state index is -4.46. The number of halogens is 3. The zero-order chi connectivity index (χ0) is 21.2. The van der Waals surface area contributed by atoms with Gasteiger partial charge in [0.25, 0.3) is 10.0 Å². The predicted octanol–water partition coefficient (Wildman–Crippen LogP) is 3.97. The van der Waals surface area contributed by atoms with Gasteiger partial charge in [-0.1, -0.05) is 12.1 Å². The molecule has 2 aromatic rings. The fourth-order valence-corrected chi connectivity index (χ4v) is 4.22.